The number of carboxylic acid groups (broad SMARTS) is 1. The van der Waals surface area contributed by atoms with E-state index in [9.17, 15) is 4.79 Å². The quantitative estimate of drug-likeness (QED) is 0.810. The van der Waals surface area contributed by atoms with Crippen molar-refractivity contribution in [3.05, 3.63) is 35.4 Å². The molecule has 0 aromatic heterocycles. The van der Waals surface area contributed by atoms with Gasteiger partial charge in [-0.15, -0.1) is 0 Å². The minimum Gasteiger partial charge on any atom is -0.478 e. The number of hydrogen-bond donors (Lipinski definition) is 1. The van der Waals surface area contributed by atoms with E-state index in [0.717, 1.165) is 17.7 Å². The van der Waals surface area contributed by atoms with E-state index in [-0.39, 0.29) is 0 Å². The minimum atomic E-state index is -0.911. The Morgan fingerprint density at radius 1 is 1.50 bits per heavy atom. The van der Waals surface area contributed by atoms with Crippen LogP contribution in [0.3, 0.4) is 0 Å². The molecule has 0 saturated heterocycles. The molecule has 0 bridgehead atoms. The fourth-order valence-corrected chi connectivity index (χ4v) is 2.22. The van der Waals surface area contributed by atoms with Gasteiger partial charge in [0.15, 0.2) is 0 Å². The van der Waals surface area contributed by atoms with Crippen molar-refractivity contribution in [2.24, 2.45) is 0 Å². The summed E-state index contributed by atoms with van der Waals surface area (Å²) in [6.45, 7) is 5.21. The number of nitrogens with zero attached hydrogens (tertiary/aromatic N) is 1. The van der Waals surface area contributed by atoms with E-state index in [1.54, 1.807) is 6.08 Å². The van der Waals surface area contributed by atoms with Crippen LogP contribution in [0.4, 0.5) is 5.69 Å². The van der Waals surface area contributed by atoms with E-state index in [1.165, 1.54) is 24.6 Å². The number of aliphatic carboxylic acids is 1. The molecule has 0 radical (unpaired) electrons. The van der Waals surface area contributed by atoms with Gasteiger partial charge in [0, 0.05) is 24.4 Å². The number of carboxylic acids is 1. The van der Waals surface area contributed by atoms with Gasteiger partial charge < -0.3 is 10.0 Å². The van der Waals surface area contributed by atoms with Crippen molar-refractivity contribution in [3.8, 4) is 0 Å². The van der Waals surface area contributed by atoms with Gasteiger partial charge in [0.2, 0.25) is 0 Å². The van der Waals surface area contributed by atoms with Crippen LogP contribution in [0.2, 0.25) is 0 Å². The average Bonchev–Trinajstić information content (AvgIpc) is 3.13. The molecule has 1 aromatic rings. The number of carbonyl (C=O) groups is 1. The number of aryl methyl sites for hydroxylation is 1. The predicted octanol–water partition coefficient (Wildman–Crippen LogP) is 3.08. The normalized spacial score (nSPS) is 15.0. The van der Waals surface area contributed by atoms with E-state index in [4.69, 9.17) is 5.11 Å². The zero-order chi connectivity index (χ0) is 13.1. The molecule has 0 spiro atoms. The summed E-state index contributed by atoms with van der Waals surface area (Å²) in [5, 5.41) is 8.63. The van der Waals surface area contributed by atoms with Crippen molar-refractivity contribution in [1.29, 1.82) is 0 Å². The van der Waals surface area contributed by atoms with E-state index >= 15 is 0 Å². The van der Waals surface area contributed by atoms with Gasteiger partial charge in [-0.2, -0.15) is 0 Å². The summed E-state index contributed by atoms with van der Waals surface area (Å²) in [5.74, 6) is -0.911. The molecule has 1 aliphatic carbocycles. The first kappa shape index (κ1) is 12.7. The van der Waals surface area contributed by atoms with Gasteiger partial charge >= 0.3 is 5.97 Å². The summed E-state index contributed by atoms with van der Waals surface area (Å²) in [6, 6.07) is 6.92. The smallest absolute Gasteiger partial charge is 0.328 e. The predicted molar refractivity (Wildman–Crippen MR) is 73.9 cm³/mol. The summed E-state index contributed by atoms with van der Waals surface area (Å²) >= 11 is 0. The largest absolute Gasteiger partial charge is 0.478 e. The van der Waals surface area contributed by atoms with E-state index < -0.39 is 5.97 Å². The Hall–Kier alpha value is -1.77. The van der Waals surface area contributed by atoms with Gasteiger partial charge in [0.05, 0.1) is 0 Å². The third-order valence-electron chi connectivity index (χ3n) is 3.32. The van der Waals surface area contributed by atoms with Crippen LogP contribution in [0.1, 0.15) is 30.9 Å². The molecule has 0 aliphatic heterocycles. The first-order valence-corrected chi connectivity index (χ1v) is 6.40. The van der Waals surface area contributed by atoms with Crippen LogP contribution >= 0.6 is 0 Å². The zero-order valence-electron chi connectivity index (χ0n) is 10.9. The summed E-state index contributed by atoms with van der Waals surface area (Å²) < 4.78 is 0. The Labute approximate surface area is 108 Å². The summed E-state index contributed by atoms with van der Waals surface area (Å²) in [6.07, 6.45) is 5.40. The number of anilines is 1. The highest BCUT2D eigenvalue weighted by Gasteiger charge is 2.28. The molecule has 1 N–H and O–H groups in total. The molecule has 2 rings (SSSR count). The van der Waals surface area contributed by atoms with Crippen LogP contribution in [-0.2, 0) is 4.79 Å². The maximum Gasteiger partial charge on any atom is 0.328 e. The lowest BCUT2D eigenvalue weighted by Gasteiger charge is -2.23. The van der Waals surface area contributed by atoms with Crippen LogP contribution in [0.25, 0.3) is 6.08 Å². The lowest BCUT2D eigenvalue weighted by molar-refractivity contribution is -0.131. The topological polar surface area (TPSA) is 40.5 Å². The monoisotopic (exact) mass is 245 g/mol. The molecule has 3 heteroatoms. The Balaban J connectivity index is 2.20. The SMILES string of the molecule is CCN(c1ccc(C=CC(=O)O)c(C)c1)C1CC1. The molecule has 0 amide bonds. The summed E-state index contributed by atoms with van der Waals surface area (Å²) in [4.78, 5) is 12.9. The number of benzene rings is 1. The highest BCUT2D eigenvalue weighted by molar-refractivity contribution is 5.85. The molecule has 1 saturated carbocycles. The molecule has 1 aliphatic rings. The number of hydrogen-bond acceptors (Lipinski definition) is 2. The van der Waals surface area contributed by atoms with Crippen LogP contribution in [0.5, 0.6) is 0 Å². The molecule has 18 heavy (non-hydrogen) atoms. The first-order valence-electron chi connectivity index (χ1n) is 6.40. The lowest BCUT2D eigenvalue weighted by atomic mass is 10.1. The third kappa shape index (κ3) is 2.92. The maximum atomic E-state index is 10.5. The number of rotatable bonds is 5. The van der Waals surface area contributed by atoms with E-state index in [2.05, 4.69) is 24.0 Å². The summed E-state index contributed by atoms with van der Waals surface area (Å²) in [7, 11) is 0. The Kier molecular flexibility index (Phi) is 3.70. The van der Waals surface area contributed by atoms with E-state index in [0.29, 0.717) is 6.04 Å². The van der Waals surface area contributed by atoms with Crippen molar-refractivity contribution < 1.29 is 9.90 Å². The van der Waals surface area contributed by atoms with Crippen molar-refractivity contribution in [1.82, 2.24) is 0 Å². The van der Waals surface area contributed by atoms with Crippen molar-refractivity contribution in [3.63, 3.8) is 0 Å². The van der Waals surface area contributed by atoms with Gasteiger partial charge in [-0.3, -0.25) is 0 Å². The Morgan fingerprint density at radius 3 is 2.72 bits per heavy atom. The molecule has 3 nitrogen and oxygen atoms in total. The van der Waals surface area contributed by atoms with Gasteiger partial charge in [-0.25, -0.2) is 4.79 Å². The molecule has 0 atom stereocenters. The molecule has 96 valence electrons. The second kappa shape index (κ2) is 5.25. The van der Waals surface area contributed by atoms with Gasteiger partial charge in [-0.05, 0) is 56.0 Å². The van der Waals surface area contributed by atoms with Crippen molar-refractivity contribution in [2.45, 2.75) is 32.7 Å². The highest BCUT2D eigenvalue weighted by Crippen LogP contribution is 2.32. The van der Waals surface area contributed by atoms with Crippen LogP contribution in [-0.4, -0.2) is 23.7 Å². The van der Waals surface area contributed by atoms with Crippen LogP contribution in [0, 0.1) is 6.92 Å². The molecule has 0 heterocycles. The van der Waals surface area contributed by atoms with Crippen molar-refractivity contribution >= 4 is 17.7 Å². The summed E-state index contributed by atoms with van der Waals surface area (Å²) in [5.41, 5.74) is 3.32. The molecule has 0 unspecified atom stereocenters. The van der Waals surface area contributed by atoms with Crippen LogP contribution in [0.15, 0.2) is 24.3 Å². The Bertz CT molecular complexity index is 475. The molecule has 1 aromatic carbocycles. The van der Waals surface area contributed by atoms with Gasteiger partial charge in [-0.1, -0.05) is 6.07 Å². The van der Waals surface area contributed by atoms with Crippen molar-refractivity contribution in [2.75, 3.05) is 11.4 Å². The molecule has 1 fully saturated rings. The van der Waals surface area contributed by atoms with Gasteiger partial charge in [0.25, 0.3) is 0 Å². The fraction of sp³-hybridized carbons (Fsp3) is 0.400. The van der Waals surface area contributed by atoms with Crippen LogP contribution < -0.4 is 4.90 Å². The average molecular weight is 245 g/mol. The molecular weight excluding hydrogens is 226 g/mol. The third-order valence-corrected chi connectivity index (χ3v) is 3.32. The van der Waals surface area contributed by atoms with E-state index in [1.807, 2.05) is 13.0 Å². The van der Waals surface area contributed by atoms with Gasteiger partial charge in [0.1, 0.15) is 0 Å². The second-order valence-corrected chi connectivity index (χ2v) is 4.73. The lowest BCUT2D eigenvalue weighted by Crippen LogP contribution is -2.24. The first-order chi connectivity index (χ1) is 8.61. The Morgan fingerprint density at radius 2 is 2.22 bits per heavy atom. The highest BCUT2D eigenvalue weighted by atomic mass is 16.4. The fourth-order valence-electron chi connectivity index (χ4n) is 2.22. The standard InChI is InChI=1S/C15H19NO2/c1-3-16(13-7-8-13)14-6-4-12(11(2)10-14)5-9-15(17)18/h4-6,9-10,13H,3,7-8H2,1-2H3,(H,17,18). The second-order valence-electron chi connectivity index (χ2n) is 4.73. The zero-order valence-corrected chi connectivity index (χ0v) is 10.9. The maximum absolute atomic E-state index is 10.5. The minimum absolute atomic E-state index is 0.704. The molecular formula is C15H19NO2.